The molecule has 0 spiro atoms. The molecule has 0 unspecified atom stereocenters. The van der Waals surface area contributed by atoms with E-state index < -0.39 is 46.9 Å². The van der Waals surface area contributed by atoms with Crippen molar-refractivity contribution in [2.45, 2.75) is 12.3 Å². The topological polar surface area (TPSA) is 108 Å². The van der Waals surface area contributed by atoms with Crippen LogP contribution < -0.4 is 15.2 Å². The Bertz CT molecular complexity index is 948. The van der Waals surface area contributed by atoms with E-state index in [0.29, 0.717) is 4.90 Å². The van der Waals surface area contributed by atoms with E-state index in [1.165, 1.54) is 18.2 Å². The number of nitro benzene ring substituents is 1. The first-order valence-electron chi connectivity index (χ1n) is 7.89. The van der Waals surface area contributed by atoms with Gasteiger partial charge in [0.05, 0.1) is 17.6 Å². The number of nitrogens with zero attached hydrogens (tertiary/aromatic N) is 2. The van der Waals surface area contributed by atoms with Crippen LogP contribution in [0.5, 0.6) is 11.5 Å². The van der Waals surface area contributed by atoms with Crippen LogP contribution in [-0.2, 0) is 0 Å². The molecule has 0 fully saturated rings. The van der Waals surface area contributed by atoms with E-state index in [-0.39, 0.29) is 16.8 Å². The van der Waals surface area contributed by atoms with E-state index in [1.807, 2.05) is 0 Å². The third kappa shape index (κ3) is 3.50. The number of halogens is 3. The van der Waals surface area contributed by atoms with Gasteiger partial charge in [-0.25, -0.2) is 0 Å². The number of nitro groups is 1. The Kier molecular flexibility index (Phi) is 4.75. The molecule has 1 N–H and O–H groups in total. The summed E-state index contributed by atoms with van der Waals surface area (Å²) in [5.41, 5.74) is -0.654. The fourth-order valence-corrected chi connectivity index (χ4v) is 2.97. The van der Waals surface area contributed by atoms with Crippen LogP contribution in [0.4, 0.5) is 24.5 Å². The molecule has 3 rings (SSSR count). The SMILES string of the molecule is COc1cc([C@H]2Nc3ccccc3C(=O)N2CC(F)(F)F)cc([N+](=O)[O-])c1[O-]. The number of anilines is 1. The average molecular weight is 396 g/mol. The van der Waals surface area contributed by atoms with Crippen LogP contribution in [0.1, 0.15) is 22.1 Å². The summed E-state index contributed by atoms with van der Waals surface area (Å²) in [6, 6.07) is 7.88. The maximum atomic E-state index is 13.1. The van der Waals surface area contributed by atoms with E-state index in [0.717, 1.165) is 19.2 Å². The van der Waals surface area contributed by atoms with Gasteiger partial charge in [-0.1, -0.05) is 12.1 Å². The summed E-state index contributed by atoms with van der Waals surface area (Å²) in [6.07, 6.45) is -6.10. The Labute approximate surface area is 156 Å². The predicted octanol–water partition coefficient (Wildman–Crippen LogP) is 2.81. The number of nitrogens with one attached hydrogen (secondary N) is 1. The van der Waals surface area contributed by atoms with Gasteiger partial charge in [0.15, 0.2) is 0 Å². The minimum absolute atomic E-state index is 0.0323. The molecule has 0 saturated carbocycles. The van der Waals surface area contributed by atoms with Crippen molar-refractivity contribution in [3.63, 3.8) is 0 Å². The average Bonchev–Trinajstić information content (AvgIpc) is 2.63. The van der Waals surface area contributed by atoms with Gasteiger partial charge in [0.1, 0.15) is 18.5 Å². The third-order valence-electron chi connectivity index (χ3n) is 4.16. The Morgan fingerprint density at radius 2 is 1.96 bits per heavy atom. The number of carbonyl (C=O) groups is 1. The zero-order valence-corrected chi connectivity index (χ0v) is 14.3. The molecule has 11 heteroatoms. The normalized spacial score (nSPS) is 16.4. The highest BCUT2D eigenvalue weighted by atomic mass is 19.4. The van der Waals surface area contributed by atoms with Crippen molar-refractivity contribution in [3.05, 3.63) is 57.6 Å². The lowest BCUT2D eigenvalue weighted by atomic mass is 10.0. The molecule has 0 aliphatic carbocycles. The van der Waals surface area contributed by atoms with Gasteiger partial charge < -0.3 is 20.1 Å². The molecule has 148 valence electrons. The first-order valence-corrected chi connectivity index (χ1v) is 7.89. The predicted molar refractivity (Wildman–Crippen MR) is 89.0 cm³/mol. The third-order valence-corrected chi connectivity index (χ3v) is 4.16. The number of para-hydroxylation sites is 1. The molecular weight excluding hydrogens is 383 g/mol. The van der Waals surface area contributed by atoms with Crippen molar-refractivity contribution >= 4 is 17.3 Å². The number of carbonyl (C=O) groups excluding carboxylic acids is 1. The molecule has 2 aromatic carbocycles. The van der Waals surface area contributed by atoms with Gasteiger partial charge in [-0.2, -0.15) is 13.2 Å². The molecule has 1 heterocycles. The van der Waals surface area contributed by atoms with Gasteiger partial charge >= 0.3 is 6.18 Å². The molecule has 2 aromatic rings. The highest BCUT2D eigenvalue weighted by Crippen LogP contribution is 2.41. The van der Waals surface area contributed by atoms with Crippen LogP contribution in [0.2, 0.25) is 0 Å². The number of rotatable bonds is 4. The van der Waals surface area contributed by atoms with Gasteiger partial charge in [-0.15, -0.1) is 0 Å². The first kappa shape index (κ1) is 19.3. The molecule has 0 saturated heterocycles. The zero-order valence-electron chi connectivity index (χ0n) is 14.3. The van der Waals surface area contributed by atoms with Crippen molar-refractivity contribution in [3.8, 4) is 11.5 Å². The molecule has 1 aliphatic rings. The molecule has 0 bridgehead atoms. The lowest BCUT2D eigenvalue weighted by Gasteiger charge is -2.38. The Hall–Kier alpha value is -3.50. The molecular formula is C17H13F3N3O5-. The summed E-state index contributed by atoms with van der Waals surface area (Å²) < 4.78 is 44.1. The van der Waals surface area contributed by atoms with Gasteiger partial charge in [0.2, 0.25) is 0 Å². The summed E-state index contributed by atoms with van der Waals surface area (Å²) in [4.78, 5) is 23.4. The highest BCUT2D eigenvalue weighted by Gasteiger charge is 2.41. The number of alkyl halides is 3. The largest absolute Gasteiger partial charge is 0.865 e. The molecule has 0 aromatic heterocycles. The van der Waals surface area contributed by atoms with Crippen molar-refractivity contribution in [2.75, 3.05) is 19.0 Å². The number of amides is 1. The standard InChI is InChI=1S/C17H14F3N3O5/c1-28-13-7-9(6-12(14(13)24)23(26)27)15-21-11-5-3-2-4-10(11)16(25)22(15)8-17(18,19)20/h2-7,15,21,24H,8H2,1H3/p-1/t15-/m0/s1. The zero-order chi connectivity index (χ0) is 20.6. The molecule has 0 radical (unpaired) electrons. The Morgan fingerprint density at radius 1 is 1.29 bits per heavy atom. The van der Waals surface area contributed by atoms with E-state index in [9.17, 15) is 33.2 Å². The summed E-state index contributed by atoms with van der Waals surface area (Å²) >= 11 is 0. The second-order valence-corrected chi connectivity index (χ2v) is 5.97. The van der Waals surface area contributed by atoms with Crippen LogP contribution >= 0.6 is 0 Å². The van der Waals surface area contributed by atoms with Crippen LogP contribution in [0.25, 0.3) is 0 Å². The van der Waals surface area contributed by atoms with E-state index in [1.54, 1.807) is 6.07 Å². The van der Waals surface area contributed by atoms with Gasteiger partial charge in [-0.05, 0) is 18.2 Å². The maximum Gasteiger partial charge on any atom is 0.406 e. The highest BCUT2D eigenvalue weighted by molar-refractivity contribution is 6.01. The molecule has 1 amide bonds. The molecule has 1 aliphatic heterocycles. The first-order chi connectivity index (χ1) is 13.1. The number of hydrogen-bond acceptors (Lipinski definition) is 6. The Balaban J connectivity index is 2.16. The minimum Gasteiger partial charge on any atom is -0.865 e. The monoisotopic (exact) mass is 396 g/mol. The van der Waals surface area contributed by atoms with Crippen molar-refractivity contribution < 1.29 is 32.7 Å². The van der Waals surface area contributed by atoms with Crippen molar-refractivity contribution in [1.82, 2.24) is 4.90 Å². The smallest absolute Gasteiger partial charge is 0.406 e. The second kappa shape index (κ2) is 6.91. The number of hydrogen-bond donors (Lipinski definition) is 1. The second-order valence-electron chi connectivity index (χ2n) is 5.97. The molecule has 8 nitrogen and oxygen atoms in total. The molecule has 28 heavy (non-hydrogen) atoms. The maximum absolute atomic E-state index is 13.1. The summed E-state index contributed by atoms with van der Waals surface area (Å²) in [6.45, 7) is -1.59. The van der Waals surface area contributed by atoms with E-state index >= 15 is 0 Å². The molecule has 1 atom stereocenters. The van der Waals surface area contributed by atoms with Crippen LogP contribution in [0.3, 0.4) is 0 Å². The number of ether oxygens (including phenoxy) is 1. The number of methoxy groups -OCH3 is 1. The lowest BCUT2D eigenvalue weighted by Crippen LogP contribution is -2.47. The summed E-state index contributed by atoms with van der Waals surface area (Å²) in [5.74, 6) is -2.32. The van der Waals surface area contributed by atoms with Gasteiger partial charge in [-0.3, -0.25) is 14.9 Å². The Morgan fingerprint density at radius 3 is 2.57 bits per heavy atom. The van der Waals surface area contributed by atoms with Gasteiger partial charge in [0, 0.05) is 23.1 Å². The van der Waals surface area contributed by atoms with Crippen molar-refractivity contribution in [1.29, 1.82) is 0 Å². The quantitative estimate of drug-likeness (QED) is 0.629. The summed E-state index contributed by atoms with van der Waals surface area (Å²) in [5, 5.41) is 25.9. The number of fused-ring (bicyclic) bond motifs is 1. The van der Waals surface area contributed by atoms with E-state index in [4.69, 9.17) is 4.74 Å². The fourth-order valence-electron chi connectivity index (χ4n) is 2.97. The van der Waals surface area contributed by atoms with Gasteiger partial charge in [0.25, 0.3) is 11.6 Å². The lowest BCUT2D eigenvalue weighted by molar-refractivity contribution is -0.398. The van der Waals surface area contributed by atoms with Crippen LogP contribution in [0.15, 0.2) is 36.4 Å². The van der Waals surface area contributed by atoms with Crippen molar-refractivity contribution in [2.24, 2.45) is 0 Å². The fraction of sp³-hybridized carbons (Fsp3) is 0.235. The number of benzene rings is 2. The van der Waals surface area contributed by atoms with Crippen LogP contribution in [0, 0.1) is 10.1 Å². The van der Waals surface area contributed by atoms with Crippen LogP contribution in [-0.4, -0.2) is 35.6 Å². The minimum atomic E-state index is -4.71. The summed E-state index contributed by atoms with van der Waals surface area (Å²) in [7, 11) is 1.10. The van der Waals surface area contributed by atoms with E-state index in [2.05, 4.69) is 5.32 Å².